The van der Waals surface area contributed by atoms with Gasteiger partial charge >= 0.3 is 0 Å². The van der Waals surface area contributed by atoms with Gasteiger partial charge in [0.2, 0.25) is 5.95 Å². The second-order valence-electron chi connectivity index (χ2n) is 14.5. The Hall–Kier alpha value is -3.38. The number of ether oxygens (including phenoxy) is 2. The molecule has 2 aromatic heterocycles. The summed E-state index contributed by atoms with van der Waals surface area (Å²) in [5.74, 6) is -0.471. The molecule has 1 aliphatic heterocycles. The van der Waals surface area contributed by atoms with Crippen LogP contribution in [0.3, 0.4) is 0 Å². The molecule has 0 radical (unpaired) electrons. The summed E-state index contributed by atoms with van der Waals surface area (Å²) in [6, 6.07) is 8.62. The molecule has 1 amide bonds. The molecule has 46 heavy (non-hydrogen) atoms. The molecule has 16 heteroatoms. The highest BCUT2D eigenvalue weighted by molar-refractivity contribution is 6.74. The van der Waals surface area contributed by atoms with E-state index in [1.165, 1.54) is 6.33 Å². The van der Waals surface area contributed by atoms with Gasteiger partial charge in [-0.1, -0.05) is 64.9 Å². The van der Waals surface area contributed by atoms with Crippen LogP contribution in [0.25, 0.3) is 21.6 Å². The zero-order valence-electron chi connectivity index (χ0n) is 28.3. The van der Waals surface area contributed by atoms with Crippen molar-refractivity contribution in [2.75, 3.05) is 18.7 Å². The van der Waals surface area contributed by atoms with E-state index in [9.17, 15) is 9.59 Å². The topological polar surface area (TPSA) is 178 Å². The number of azide groups is 1. The van der Waals surface area contributed by atoms with E-state index in [1.54, 1.807) is 34.9 Å². The maximum Gasteiger partial charge on any atom is 0.280 e. The molecular weight excluding hydrogens is 625 g/mol. The van der Waals surface area contributed by atoms with Crippen LogP contribution < -0.4 is 10.9 Å². The zero-order chi connectivity index (χ0) is 34.1. The molecule has 1 fully saturated rings. The lowest BCUT2D eigenvalue weighted by Gasteiger charge is -2.40. The molecule has 0 spiro atoms. The molecule has 0 unspecified atom stereocenters. The average Bonchev–Trinajstić information content (AvgIpc) is 3.52. The Morgan fingerprint density at radius 1 is 1.09 bits per heavy atom. The minimum Gasteiger partial charge on any atom is -0.414 e. The van der Waals surface area contributed by atoms with Crippen molar-refractivity contribution < 1.29 is 23.1 Å². The highest BCUT2D eigenvalue weighted by Gasteiger charge is 2.52. The zero-order valence-corrected chi connectivity index (χ0v) is 30.3. The lowest BCUT2D eigenvalue weighted by Crippen LogP contribution is -2.50. The smallest absolute Gasteiger partial charge is 0.280 e. The summed E-state index contributed by atoms with van der Waals surface area (Å²) < 4.78 is 28.1. The van der Waals surface area contributed by atoms with Crippen LogP contribution in [0.4, 0.5) is 5.95 Å². The normalized spacial score (nSPS) is 20.9. The Labute approximate surface area is 271 Å². The second kappa shape index (κ2) is 13.4. The number of benzene rings is 1. The molecule has 4 atom stereocenters. The van der Waals surface area contributed by atoms with Crippen molar-refractivity contribution in [1.82, 2.24) is 19.5 Å². The lowest BCUT2D eigenvalue weighted by atomic mass is 10.1. The number of aromatic amines is 1. The van der Waals surface area contributed by atoms with Crippen LogP contribution in [0.1, 0.15) is 58.1 Å². The molecule has 1 aliphatic rings. The van der Waals surface area contributed by atoms with Crippen molar-refractivity contribution in [3.05, 3.63) is 63.0 Å². The number of anilines is 1. The molecule has 2 N–H and O–H groups in total. The molecule has 0 saturated carbocycles. The summed E-state index contributed by atoms with van der Waals surface area (Å²) in [5, 5.41) is 6.08. The van der Waals surface area contributed by atoms with E-state index in [0.717, 1.165) is 0 Å². The third kappa shape index (κ3) is 7.60. The Morgan fingerprint density at radius 3 is 2.35 bits per heavy atom. The fourth-order valence-electron chi connectivity index (χ4n) is 4.50. The van der Waals surface area contributed by atoms with Crippen molar-refractivity contribution in [1.29, 1.82) is 0 Å². The SMILES string of the molecule is CC(C)(C)[Si](C)(C)OC[C@H]1O[C@@H](n2cnc3c(=O)[nH]c(NC(=O)c4ccccc4)nc32)[C@H](O[Si](C)(C)C(C)(C)C)[C@@H]1OCN=[N+]=[N-]. The number of imidazole rings is 1. The van der Waals surface area contributed by atoms with Gasteiger partial charge in [0.1, 0.15) is 25.0 Å². The third-order valence-corrected chi connectivity index (χ3v) is 18.3. The Kier molecular flexibility index (Phi) is 10.3. The van der Waals surface area contributed by atoms with Crippen LogP contribution in [-0.2, 0) is 18.3 Å². The van der Waals surface area contributed by atoms with Gasteiger partial charge in [-0.15, -0.1) is 0 Å². The maximum absolute atomic E-state index is 13.1. The average molecular weight is 671 g/mol. The van der Waals surface area contributed by atoms with E-state index in [2.05, 4.69) is 98.0 Å². The summed E-state index contributed by atoms with van der Waals surface area (Å²) in [7, 11) is -4.65. The Balaban J connectivity index is 1.78. The van der Waals surface area contributed by atoms with Crippen LogP contribution in [0.5, 0.6) is 0 Å². The minimum atomic E-state index is -2.46. The Bertz CT molecular complexity index is 1640. The summed E-state index contributed by atoms with van der Waals surface area (Å²) >= 11 is 0. The number of nitrogens with one attached hydrogen (secondary N) is 2. The molecule has 1 saturated heterocycles. The van der Waals surface area contributed by atoms with Crippen LogP contribution in [-0.4, -0.2) is 73.7 Å². The van der Waals surface area contributed by atoms with Crippen molar-refractivity contribution in [2.45, 2.75) is 102 Å². The highest BCUT2D eigenvalue weighted by atomic mass is 28.4. The van der Waals surface area contributed by atoms with E-state index in [-0.39, 0.29) is 40.5 Å². The van der Waals surface area contributed by atoms with E-state index < -0.39 is 52.6 Å². The quantitative estimate of drug-likeness (QED) is 0.103. The van der Waals surface area contributed by atoms with Crippen LogP contribution in [0.15, 0.2) is 46.6 Å². The van der Waals surface area contributed by atoms with Crippen LogP contribution in [0.2, 0.25) is 36.3 Å². The molecular formula is C30H46N8O6Si2. The predicted octanol–water partition coefficient (Wildman–Crippen LogP) is 6.33. The van der Waals surface area contributed by atoms with Crippen LogP contribution >= 0.6 is 0 Å². The van der Waals surface area contributed by atoms with Crippen molar-refractivity contribution >= 4 is 39.7 Å². The number of hydrogen-bond donors (Lipinski definition) is 2. The van der Waals surface area contributed by atoms with Gasteiger partial charge in [0, 0.05) is 10.5 Å². The number of rotatable bonds is 11. The first kappa shape index (κ1) is 35.5. The van der Waals surface area contributed by atoms with E-state index in [4.69, 9.17) is 23.9 Å². The van der Waals surface area contributed by atoms with Gasteiger partial charge in [0.15, 0.2) is 34.0 Å². The minimum absolute atomic E-state index is 0.0399. The van der Waals surface area contributed by atoms with Crippen molar-refractivity contribution in [2.24, 2.45) is 5.11 Å². The third-order valence-electron chi connectivity index (χ3n) is 9.30. The van der Waals surface area contributed by atoms with E-state index >= 15 is 0 Å². The number of nitrogens with zero attached hydrogens (tertiary/aromatic N) is 6. The van der Waals surface area contributed by atoms with Gasteiger partial charge in [-0.3, -0.25) is 24.5 Å². The number of amides is 1. The summed E-state index contributed by atoms with van der Waals surface area (Å²) in [4.78, 5) is 40.4. The molecule has 3 aromatic rings. The molecule has 4 rings (SSSR count). The first-order valence-corrected chi connectivity index (χ1v) is 21.1. The molecule has 14 nitrogen and oxygen atoms in total. The number of aromatic nitrogens is 4. The van der Waals surface area contributed by atoms with Crippen molar-refractivity contribution in [3.63, 3.8) is 0 Å². The van der Waals surface area contributed by atoms with Gasteiger partial charge < -0.3 is 18.3 Å². The van der Waals surface area contributed by atoms with Crippen LogP contribution in [0, 0.1) is 0 Å². The number of carbonyl (C=O) groups excluding carboxylic acids is 1. The summed E-state index contributed by atoms with van der Waals surface area (Å²) in [6.07, 6.45) is -1.37. The monoisotopic (exact) mass is 670 g/mol. The fourth-order valence-corrected chi connectivity index (χ4v) is 6.80. The lowest BCUT2D eigenvalue weighted by molar-refractivity contribution is -0.0569. The fraction of sp³-hybridized carbons (Fsp3) is 0.600. The largest absolute Gasteiger partial charge is 0.414 e. The first-order valence-electron chi connectivity index (χ1n) is 15.3. The van der Waals surface area contributed by atoms with E-state index in [0.29, 0.717) is 5.56 Å². The maximum atomic E-state index is 13.1. The molecule has 1 aromatic carbocycles. The predicted molar refractivity (Wildman–Crippen MR) is 181 cm³/mol. The summed E-state index contributed by atoms with van der Waals surface area (Å²) in [6.45, 7) is 21.4. The van der Waals surface area contributed by atoms with Gasteiger partial charge in [0.05, 0.1) is 12.9 Å². The molecule has 0 aliphatic carbocycles. The molecule has 250 valence electrons. The standard InChI is InChI=1S/C30H46N8O6Si2/c1-29(2,3)45(7,8)42-16-20-22(41-18-33-37-31)23(44-46(9,10)30(4,5)6)27(43-20)38-17-32-21-24(38)34-28(36-26(21)40)35-25(39)19-14-12-11-13-15-19/h11-15,17,20,22-23,27H,16,18H2,1-10H3,(H2,34,35,36,39,40)/t20-,22-,23-,27-/m1/s1. The number of hydrogen-bond acceptors (Lipinski definition) is 9. The molecule has 0 bridgehead atoms. The van der Waals surface area contributed by atoms with Gasteiger partial charge in [0.25, 0.3) is 11.5 Å². The number of carbonyl (C=O) groups is 1. The second-order valence-corrected chi connectivity index (χ2v) is 24.1. The van der Waals surface area contributed by atoms with Crippen molar-refractivity contribution in [3.8, 4) is 0 Å². The van der Waals surface area contributed by atoms with E-state index in [1.807, 2.05) is 0 Å². The number of H-pyrrole nitrogens is 1. The summed E-state index contributed by atoms with van der Waals surface area (Å²) in [5.41, 5.74) is 9.14. The highest BCUT2D eigenvalue weighted by Crippen LogP contribution is 2.44. The Morgan fingerprint density at radius 2 is 1.74 bits per heavy atom. The van der Waals surface area contributed by atoms with Gasteiger partial charge in [-0.25, -0.2) is 4.98 Å². The number of fused-ring (bicyclic) bond motifs is 1. The van der Waals surface area contributed by atoms with Gasteiger partial charge in [-0.2, -0.15) is 4.98 Å². The molecule has 3 heterocycles. The first-order chi connectivity index (χ1) is 21.4. The van der Waals surface area contributed by atoms with Gasteiger partial charge in [-0.05, 0) is 53.9 Å².